The molecule has 8 nitrogen and oxygen atoms in total. The van der Waals surface area contributed by atoms with E-state index in [1.165, 1.54) is 25.0 Å². The molecule has 33 heavy (non-hydrogen) atoms. The van der Waals surface area contributed by atoms with Crippen molar-refractivity contribution >= 4 is 28.7 Å². The first-order valence-electron chi connectivity index (χ1n) is 11.0. The molecule has 0 unspecified atom stereocenters. The van der Waals surface area contributed by atoms with Gasteiger partial charge in [0.05, 0.1) is 17.6 Å². The zero-order valence-electron chi connectivity index (χ0n) is 18.4. The number of halogens is 1. The van der Waals surface area contributed by atoms with Crippen LogP contribution in [0, 0.1) is 11.2 Å². The smallest absolute Gasteiger partial charge is 0.272 e. The van der Waals surface area contributed by atoms with Crippen LogP contribution in [0.25, 0.3) is 16.6 Å². The Balaban J connectivity index is 1.56. The molecule has 1 aliphatic rings. The van der Waals surface area contributed by atoms with Crippen LogP contribution in [0.1, 0.15) is 59.0 Å². The van der Waals surface area contributed by atoms with Gasteiger partial charge in [0.25, 0.3) is 5.91 Å². The Bertz CT molecular complexity index is 1210. The number of carbonyl (C=O) groups is 1. The standard InChI is InChI=1S/C24H27FN6O2/c1-27-20(13-32)18(11-26)16-8-14(9-17(25)10-16)12-29-24(33)22-21-19(6-7-28-22)30-23(31-21)15-4-2-3-5-15/h6-11,15,26-27,32H,2-5,12-13H2,1H3,(H,29,33)(H,30,31)/b20-18+,26-11?. The summed E-state index contributed by atoms with van der Waals surface area (Å²) in [7, 11) is 1.62. The third-order valence-corrected chi connectivity index (χ3v) is 6.03. The van der Waals surface area contributed by atoms with E-state index in [0.717, 1.165) is 24.9 Å². The molecule has 0 bridgehead atoms. The maximum absolute atomic E-state index is 14.3. The number of hydrogen-bond acceptors (Lipinski definition) is 6. The van der Waals surface area contributed by atoms with Gasteiger partial charge >= 0.3 is 0 Å². The minimum absolute atomic E-state index is 0.0740. The quantitative estimate of drug-likeness (QED) is 0.337. The van der Waals surface area contributed by atoms with E-state index in [2.05, 4.69) is 25.6 Å². The molecule has 1 fully saturated rings. The zero-order valence-corrected chi connectivity index (χ0v) is 18.4. The number of fused-ring (bicyclic) bond motifs is 1. The maximum atomic E-state index is 14.3. The SMILES string of the molecule is CN/C(CO)=C(\C=N)c1cc(F)cc(CNC(=O)c2nccc3nc(C4CCCC4)[nH]c23)c1. The van der Waals surface area contributed by atoms with Crippen LogP contribution in [0.2, 0.25) is 0 Å². The number of pyridine rings is 1. The zero-order chi connectivity index (χ0) is 23.4. The van der Waals surface area contributed by atoms with E-state index in [9.17, 15) is 14.3 Å². The highest BCUT2D eigenvalue weighted by Crippen LogP contribution is 2.33. The van der Waals surface area contributed by atoms with E-state index in [1.807, 2.05) is 0 Å². The molecule has 2 heterocycles. The first-order chi connectivity index (χ1) is 16.0. The molecule has 0 saturated heterocycles. The van der Waals surface area contributed by atoms with E-state index >= 15 is 0 Å². The van der Waals surface area contributed by atoms with Gasteiger partial charge in [0.2, 0.25) is 0 Å². The van der Waals surface area contributed by atoms with Crippen molar-refractivity contribution in [2.45, 2.75) is 38.1 Å². The molecule has 0 atom stereocenters. The molecule has 1 saturated carbocycles. The number of likely N-dealkylation sites (N-methyl/N-ethyl adjacent to an activating group) is 1. The van der Waals surface area contributed by atoms with Crippen LogP contribution in [-0.2, 0) is 6.54 Å². The van der Waals surface area contributed by atoms with Crippen molar-refractivity contribution in [2.24, 2.45) is 0 Å². The number of benzene rings is 1. The van der Waals surface area contributed by atoms with Gasteiger partial charge in [-0.2, -0.15) is 0 Å². The molecule has 9 heteroatoms. The molecule has 4 rings (SSSR count). The van der Waals surface area contributed by atoms with Gasteiger partial charge in [-0.05, 0) is 48.2 Å². The topological polar surface area (TPSA) is 127 Å². The molecule has 0 spiro atoms. The Kier molecular flexibility index (Phi) is 6.79. The van der Waals surface area contributed by atoms with Gasteiger partial charge < -0.3 is 26.1 Å². The summed E-state index contributed by atoms with van der Waals surface area (Å²) in [6.07, 6.45) is 7.18. The fourth-order valence-electron chi connectivity index (χ4n) is 4.34. The number of H-pyrrole nitrogens is 1. The summed E-state index contributed by atoms with van der Waals surface area (Å²) in [5.41, 5.74) is 3.28. The van der Waals surface area contributed by atoms with E-state index in [0.29, 0.717) is 39.3 Å². The van der Waals surface area contributed by atoms with Crippen LogP contribution in [0.5, 0.6) is 0 Å². The fourth-order valence-corrected chi connectivity index (χ4v) is 4.34. The van der Waals surface area contributed by atoms with Crippen LogP contribution < -0.4 is 10.6 Å². The largest absolute Gasteiger partial charge is 0.390 e. The minimum atomic E-state index is -0.500. The molecule has 172 valence electrons. The average Bonchev–Trinajstić information content (AvgIpc) is 3.50. The molecule has 1 amide bonds. The predicted octanol–water partition coefficient (Wildman–Crippen LogP) is 3.26. The number of imidazole rings is 1. The van der Waals surface area contributed by atoms with Crippen LogP contribution >= 0.6 is 0 Å². The summed E-state index contributed by atoms with van der Waals surface area (Å²) in [6, 6.07) is 6.08. The molecule has 2 aromatic heterocycles. The number of rotatable bonds is 8. The Morgan fingerprint density at radius 3 is 2.82 bits per heavy atom. The average molecular weight is 451 g/mol. The number of aromatic nitrogens is 3. The van der Waals surface area contributed by atoms with Gasteiger partial charge in [-0.1, -0.05) is 12.8 Å². The van der Waals surface area contributed by atoms with E-state index in [4.69, 9.17) is 5.41 Å². The van der Waals surface area contributed by atoms with Crippen molar-refractivity contribution < 1.29 is 14.3 Å². The fraction of sp³-hybridized carbons (Fsp3) is 0.333. The van der Waals surface area contributed by atoms with Crippen molar-refractivity contribution in [3.05, 3.63) is 64.6 Å². The first kappa shape index (κ1) is 22.6. The normalized spacial score (nSPS) is 14.9. The lowest BCUT2D eigenvalue weighted by Gasteiger charge is -2.12. The Hall–Kier alpha value is -3.59. The number of nitrogens with one attached hydrogen (secondary N) is 4. The minimum Gasteiger partial charge on any atom is -0.390 e. The summed E-state index contributed by atoms with van der Waals surface area (Å²) in [5.74, 6) is 0.396. The number of amides is 1. The van der Waals surface area contributed by atoms with Crippen LogP contribution in [0.3, 0.4) is 0 Å². The summed E-state index contributed by atoms with van der Waals surface area (Å²) >= 11 is 0. The lowest BCUT2D eigenvalue weighted by Crippen LogP contribution is -2.24. The van der Waals surface area contributed by atoms with E-state index in [-0.39, 0.29) is 24.8 Å². The van der Waals surface area contributed by atoms with Gasteiger partial charge in [-0.3, -0.25) is 4.79 Å². The summed E-state index contributed by atoms with van der Waals surface area (Å²) < 4.78 is 14.3. The number of aromatic amines is 1. The van der Waals surface area contributed by atoms with Crippen LogP contribution in [0.4, 0.5) is 4.39 Å². The number of aliphatic hydroxyl groups excluding tert-OH is 1. The second kappa shape index (κ2) is 9.91. The number of carbonyl (C=O) groups excluding carboxylic acids is 1. The van der Waals surface area contributed by atoms with Crippen LogP contribution in [-0.4, -0.2) is 45.8 Å². The first-order valence-corrected chi connectivity index (χ1v) is 11.0. The van der Waals surface area contributed by atoms with Crippen molar-refractivity contribution in [2.75, 3.05) is 13.7 Å². The highest BCUT2D eigenvalue weighted by molar-refractivity contribution is 6.09. The van der Waals surface area contributed by atoms with Gasteiger partial charge in [-0.15, -0.1) is 0 Å². The second-order valence-electron chi connectivity index (χ2n) is 8.13. The van der Waals surface area contributed by atoms with E-state index in [1.54, 1.807) is 25.4 Å². The van der Waals surface area contributed by atoms with Crippen molar-refractivity contribution in [1.29, 1.82) is 5.41 Å². The number of hydrogen-bond donors (Lipinski definition) is 5. The number of allylic oxidation sites excluding steroid dienone is 1. The summed E-state index contributed by atoms with van der Waals surface area (Å²) in [5, 5.41) is 22.8. The lowest BCUT2D eigenvalue weighted by molar-refractivity contribution is 0.0947. The molecule has 1 aliphatic carbocycles. The molecule has 3 aromatic rings. The third kappa shape index (κ3) is 4.78. The predicted molar refractivity (Wildman–Crippen MR) is 125 cm³/mol. The molecule has 0 radical (unpaired) electrons. The molecule has 5 N–H and O–H groups in total. The van der Waals surface area contributed by atoms with Gasteiger partial charge in [-0.25, -0.2) is 14.4 Å². The molecule has 1 aromatic carbocycles. The van der Waals surface area contributed by atoms with Gasteiger partial charge in [0.1, 0.15) is 11.6 Å². The summed E-state index contributed by atoms with van der Waals surface area (Å²) in [4.78, 5) is 25.1. The lowest BCUT2D eigenvalue weighted by atomic mass is 10.0. The Morgan fingerprint density at radius 2 is 2.12 bits per heavy atom. The van der Waals surface area contributed by atoms with E-state index < -0.39 is 5.82 Å². The number of nitrogens with zero attached hydrogens (tertiary/aromatic N) is 2. The number of aliphatic hydroxyl groups is 1. The molecular weight excluding hydrogens is 423 g/mol. The van der Waals surface area contributed by atoms with Crippen molar-refractivity contribution in [1.82, 2.24) is 25.6 Å². The third-order valence-electron chi connectivity index (χ3n) is 6.03. The summed E-state index contributed by atoms with van der Waals surface area (Å²) in [6.45, 7) is -0.239. The Labute approximate surface area is 190 Å². The molecule has 0 aliphatic heterocycles. The van der Waals surface area contributed by atoms with Crippen molar-refractivity contribution in [3.8, 4) is 0 Å². The monoisotopic (exact) mass is 450 g/mol. The molecular formula is C24H27FN6O2. The van der Waals surface area contributed by atoms with Crippen molar-refractivity contribution in [3.63, 3.8) is 0 Å². The van der Waals surface area contributed by atoms with Gasteiger partial charge in [0, 0.05) is 43.2 Å². The highest BCUT2D eigenvalue weighted by atomic mass is 19.1. The highest BCUT2D eigenvalue weighted by Gasteiger charge is 2.22. The maximum Gasteiger partial charge on any atom is 0.272 e. The van der Waals surface area contributed by atoms with Gasteiger partial charge in [0.15, 0.2) is 5.69 Å². The second-order valence-corrected chi connectivity index (χ2v) is 8.13. The van der Waals surface area contributed by atoms with Crippen LogP contribution in [0.15, 0.2) is 36.2 Å². The Morgan fingerprint density at radius 1 is 1.33 bits per heavy atom.